The summed E-state index contributed by atoms with van der Waals surface area (Å²) in [5.41, 5.74) is 0.401. The Kier molecular flexibility index (Phi) is 4.46. The van der Waals surface area contributed by atoms with E-state index in [0.717, 1.165) is 25.2 Å². The minimum absolute atomic E-state index is 0.202. The molecule has 7 heteroatoms. The summed E-state index contributed by atoms with van der Waals surface area (Å²) in [7, 11) is 0. The summed E-state index contributed by atoms with van der Waals surface area (Å²) in [5, 5.41) is 5.71. The lowest BCUT2D eigenvalue weighted by Gasteiger charge is -2.37. The minimum Gasteiger partial charge on any atom is -0.492 e. The molecule has 2 aliphatic rings. The van der Waals surface area contributed by atoms with E-state index in [1.54, 1.807) is 0 Å². The molecule has 124 valence electrons. The lowest BCUT2D eigenvalue weighted by molar-refractivity contribution is -0.125. The Morgan fingerprint density at radius 2 is 2.04 bits per heavy atom. The van der Waals surface area contributed by atoms with Gasteiger partial charge in [0.15, 0.2) is 0 Å². The number of rotatable bonds is 4. The number of amides is 3. The number of hydrogen-bond donors (Lipinski definition) is 2. The van der Waals surface area contributed by atoms with E-state index in [1.807, 2.05) is 25.1 Å². The van der Waals surface area contributed by atoms with Gasteiger partial charge < -0.3 is 10.1 Å². The Bertz CT molecular complexity index is 627. The SMILES string of the molecule is CCOc1cc(CN2CCC3(CC2)NC(=O)NC3=O)ccc1Cl. The molecule has 1 spiro atoms. The Hall–Kier alpha value is -1.79. The molecular formula is C16H20ClN3O3. The normalized spacial score (nSPS) is 20.4. The molecule has 2 saturated heterocycles. The van der Waals surface area contributed by atoms with Crippen LogP contribution in [-0.4, -0.2) is 42.1 Å². The molecule has 2 aliphatic heterocycles. The van der Waals surface area contributed by atoms with Gasteiger partial charge in [0.1, 0.15) is 11.3 Å². The van der Waals surface area contributed by atoms with Gasteiger partial charge in [0.05, 0.1) is 11.6 Å². The lowest BCUT2D eigenvalue weighted by atomic mass is 9.87. The second-order valence-electron chi connectivity index (χ2n) is 5.96. The van der Waals surface area contributed by atoms with Crippen molar-refractivity contribution in [3.05, 3.63) is 28.8 Å². The van der Waals surface area contributed by atoms with Crippen LogP contribution in [0.1, 0.15) is 25.3 Å². The number of halogens is 1. The first kappa shape index (κ1) is 16.1. The molecule has 1 aromatic carbocycles. The monoisotopic (exact) mass is 337 g/mol. The van der Waals surface area contributed by atoms with Crippen LogP contribution in [0.15, 0.2) is 18.2 Å². The summed E-state index contributed by atoms with van der Waals surface area (Å²) in [6, 6.07) is 5.40. The summed E-state index contributed by atoms with van der Waals surface area (Å²) in [6.45, 7) is 4.77. The van der Waals surface area contributed by atoms with E-state index in [0.29, 0.717) is 30.2 Å². The third-order valence-electron chi connectivity index (χ3n) is 4.43. The van der Waals surface area contributed by atoms with Crippen molar-refractivity contribution in [1.82, 2.24) is 15.5 Å². The standard InChI is InChI=1S/C16H20ClN3O3/c1-2-23-13-9-11(3-4-12(13)17)10-20-7-5-16(6-8-20)14(21)18-15(22)19-16/h3-4,9H,2,5-8,10H2,1H3,(H2,18,19,21,22). The Labute approximate surface area is 140 Å². The lowest BCUT2D eigenvalue weighted by Crippen LogP contribution is -2.54. The molecule has 6 nitrogen and oxygen atoms in total. The van der Waals surface area contributed by atoms with E-state index >= 15 is 0 Å². The quantitative estimate of drug-likeness (QED) is 0.823. The third kappa shape index (κ3) is 3.28. The zero-order chi connectivity index (χ0) is 16.4. The van der Waals surface area contributed by atoms with Crippen molar-refractivity contribution in [2.75, 3.05) is 19.7 Å². The number of ether oxygens (including phenoxy) is 1. The average molecular weight is 338 g/mol. The van der Waals surface area contributed by atoms with Crippen molar-refractivity contribution < 1.29 is 14.3 Å². The van der Waals surface area contributed by atoms with E-state index in [4.69, 9.17) is 16.3 Å². The first-order valence-electron chi connectivity index (χ1n) is 7.79. The fourth-order valence-corrected chi connectivity index (χ4v) is 3.32. The molecule has 0 aliphatic carbocycles. The van der Waals surface area contributed by atoms with Crippen molar-refractivity contribution >= 4 is 23.5 Å². The predicted molar refractivity (Wildman–Crippen MR) is 86.5 cm³/mol. The average Bonchev–Trinajstić information content (AvgIpc) is 2.79. The fourth-order valence-electron chi connectivity index (χ4n) is 3.14. The van der Waals surface area contributed by atoms with Gasteiger partial charge in [-0.05, 0) is 37.5 Å². The van der Waals surface area contributed by atoms with Gasteiger partial charge in [0.25, 0.3) is 5.91 Å². The summed E-state index contributed by atoms with van der Waals surface area (Å²) in [4.78, 5) is 25.5. The van der Waals surface area contributed by atoms with Gasteiger partial charge in [0.2, 0.25) is 0 Å². The van der Waals surface area contributed by atoms with E-state index in [2.05, 4.69) is 15.5 Å². The van der Waals surface area contributed by atoms with Gasteiger partial charge in [-0.1, -0.05) is 17.7 Å². The van der Waals surface area contributed by atoms with Gasteiger partial charge in [-0.25, -0.2) is 4.79 Å². The smallest absolute Gasteiger partial charge is 0.322 e. The van der Waals surface area contributed by atoms with Crippen molar-refractivity contribution in [3.63, 3.8) is 0 Å². The van der Waals surface area contributed by atoms with E-state index in [-0.39, 0.29) is 11.9 Å². The number of hydrogen-bond acceptors (Lipinski definition) is 4. The molecule has 0 saturated carbocycles. The van der Waals surface area contributed by atoms with E-state index in [9.17, 15) is 9.59 Å². The molecule has 0 radical (unpaired) electrons. The predicted octanol–water partition coefficient (Wildman–Crippen LogP) is 1.91. The largest absolute Gasteiger partial charge is 0.492 e. The molecule has 3 rings (SSSR count). The van der Waals surface area contributed by atoms with E-state index < -0.39 is 5.54 Å². The van der Waals surface area contributed by atoms with Crippen LogP contribution in [0.4, 0.5) is 4.79 Å². The molecular weight excluding hydrogens is 318 g/mol. The van der Waals surface area contributed by atoms with Crippen LogP contribution >= 0.6 is 11.6 Å². The third-order valence-corrected chi connectivity index (χ3v) is 4.74. The van der Waals surface area contributed by atoms with Crippen LogP contribution in [0.3, 0.4) is 0 Å². The molecule has 0 unspecified atom stereocenters. The Morgan fingerprint density at radius 1 is 1.30 bits per heavy atom. The van der Waals surface area contributed by atoms with Crippen LogP contribution in [0.25, 0.3) is 0 Å². The Balaban J connectivity index is 1.62. The number of piperidine rings is 1. The van der Waals surface area contributed by atoms with Crippen molar-refractivity contribution in [3.8, 4) is 5.75 Å². The second kappa shape index (κ2) is 6.37. The highest BCUT2D eigenvalue weighted by Crippen LogP contribution is 2.29. The number of nitrogens with zero attached hydrogens (tertiary/aromatic N) is 1. The number of benzene rings is 1. The number of nitrogens with one attached hydrogen (secondary N) is 2. The van der Waals surface area contributed by atoms with E-state index in [1.165, 1.54) is 0 Å². The maximum absolute atomic E-state index is 11.9. The summed E-state index contributed by atoms with van der Waals surface area (Å²) >= 11 is 6.11. The van der Waals surface area contributed by atoms with Crippen LogP contribution in [0, 0.1) is 0 Å². The summed E-state index contributed by atoms with van der Waals surface area (Å²) in [5.74, 6) is 0.495. The highest BCUT2D eigenvalue weighted by atomic mass is 35.5. The molecule has 2 fully saturated rings. The molecule has 0 aromatic heterocycles. The molecule has 0 bridgehead atoms. The van der Waals surface area contributed by atoms with Crippen LogP contribution in [0.5, 0.6) is 5.75 Å². The maximum atomic E-state index is 11.9. The zero-order valence-corrected chi connectivity index (χ0v) is 13.8. The first-order valence-corrected chi connectivity index (χ1v) is 8.17. The number of imide groups is 1. The molecule has 3 amide bonds. The van der Waals surface area contributed by atoms with Gasteiger partial charge >= 0.3 is 6.03 Å². The summed E-state index contributed by atoms with van der Waals surface area (Å²) < 4.78 is 5.52. The van der Waals surface area contributed by atoms with Gasteiger partial charge in [-0.2, -0.15) is 0 Å². The topological polar surface area (TPSA) is 70.7 Å². The van der Waals surface area contributed by atoms with Crippen LogP contribution in [0.2, 0.25) is 5.02 Å². The van der Waals surface area contributed by atoms with Crippen molar-refractivity contribution in [2.24, 2.45) is 0 Å². The molecule has 23 heavy (non-hydrogen) atoms. The highest BCUT2D eigenvalue weighted by Gasteiger charge is 2.47. The molecule has 0 atom stereocenters. The maximum Gasteiger partial charge on any atom is 0.322 e. The van der Waals surface area contributed by atoms with Gasteiger partial charge in [-0.3, -0.25) is 15.0 Å². The fraction of sp³-hybridized carbons (Fsp3) is 0.500. The number of urea groups is 1. The molecule has 2 N–H and O–H groups in total. The Morgan fingerprint density at radius 3 is 2.65 bits per heavy atom. The number of likely N-dealkylation sites (tertiary alicyclic amines) is 1. The first-order chi connectivity index (χ1) is 11.0. The number of carbonyl (C=O) groups is 2. The number of carbonyl (C=O) groups excluding carboxylic acids is 2. The minimum atomic E-state index is -0.718. The van der Waals surface area contributed by atoms with Gasteiger partial charge in [-0.15, -0.1) is 0 Å². The molecule has 1 aromatic rings. The second-order valence-corrected chi connectivity index (χ2v) is 6.37. The zero-order valence-electron chi connectivity index (χ0n) is 13.0. The van der Waals surface area contributed by atoms with Crippen molar-refractivity contribution in [1.29, 1.82) is 0 Å². The van der Waals surface area contributed by atoms with Crippen LogP contribution in [-0.2, 0) is 11.3 Å². The van der Waals surface area contributed by atoms with Crippen LogP contribution < -0.4 is 15.4 Å². The highest BCUT2D eigenvalue weighted by molar-refractivity contribution is 6.32. The van der Waals surface area contributed by atoms with Crippen molar-refractivity contribution in [2.45, 2.75) is 31.8 Å². The molecule has 2 heterocycles. The van der Waals surface area contributed by atoms with Gasteiger partial charge in [0, 0.05) is 19.6 Å². The summed E-state index contributed by atoms with van der Waals surface area (Å²) in [6.07, 6.45) is 1.24.